The lowest BCUT2D eigenvalue weighted by Crippen LogP contribution is -2.09. The Bertz CT molecular complexity index is 135. The van der Waals surface area contributed by atoms with Crippen molar-refractivity contribution in [3.05, 3.63) is 12.2 Å². The van der Waals surface area contributed by atoms with Crippen molar-refractivity contribution in [3.63, 3.8) is 0 Å². The zero-order valence-electron chi connectivity index (χ0n) is 8.51. The quantitative estimate of drug-likeness (QED) is 0.345. The molecular formula is C10H19ClO2. The zero-order valence-corrected chi connectivity index (χ0v) is 9.27. The van der Waals surface area contributed by atoms with Gasteiger partial charge in [0.15, 0.2) is 0 Å². The molecule has 0 heterocycles. The van der Waals surface area contributed by atoms with Crippen LogP contribution in [0.4, 0.5) is 0 Å². The fourth-order valence-corrected chi connectivity index (χ4v) is 0.769. The van der Waals surface area contributed by atoms with Crippen molar-refractivity contribution in [2.45, 2.75) is 13.8 Å². The highest BCUT2D eigenvalue weighted by molar-refractivity contribution is 6.19. The van der Waals surface area contributed by atoms with Crippen molar-refractivity contribution >= 4 is 11.6 Å². The van der Waals surface area contributed by atoms with E-state index in [2.05, 4.69) is 20.4 Å². The lowest BCUT2D eigenvalue weighted by Gasteiger charge is -2.07. The first-order chi connectivity index (χ1) is 6.16. The summed E-state index contributed by atoms with van der Waals surface area (Å²) in [6.07, 6.45) is 0. The molecule has 0 N–H and O–H groups in total. The molecule has 0 atom stereocenters. The van der Waals surface area contributed by atoms with Crippen LogP contribution in [0.2, 0.25) is 0 Å². The number of halogens is 1. The number of rotatable bonds is 8. The highest BCUT2D eigenvalue weighted by Gasteiger charge is 1.95. The molecule has 0 bridgehead atoms. The molecule has 0 aromatic rings. The fourth-order valence-electron chi connectivity index (χ4n) is 0.692. The van der Waals surface area contributed by atoms with Gasteiger partial charge in [0.1, 0.15) is 0 Å². The molecule has 0 aliphatic carbocycles. The van der Waals surface area contributed by atoms with Gasteiger partial charge in [0, 0.05) is 12.5 Å². The zero-order chi connectivity index (χ0) is 10.1. The van der Waals surface area contributed by atoms with E-state index in [-0.39, 0.29) is 0 Å². The summed E-state index contributed by atoms with van der Waals surface area (Å²) in [5.74, 6) is 1.05. The molecule has 78 valence electrons. The molecular weight excluding hydrogens is 188 g/mol. The van der Waals surface area contributed by atoms with E-state index in [1.54, 1.807) is 0 Å². The summed E-state index contributed by atoms with van der Waals surface area (Å²) < 4.78 is 10.6. The molecule has 0 rings (SSSR count). The van der Waals surface area contributed by atoms with E-state index in [1.165, 1.54) is 0 Å². The van der Waals surface area contributed by atoms with Crippen molar-refractivity contribution in [2.24, 2.45) is 5.92 Å². The molecule has 0 spiro atoms. The highest BCUT2D eigenvalue weighted by atomic mass is 35.5. The second-order valence-electron chi connectivity index (χ2n) is 3.40. The SMILES string of the molecule is C=C(CCl)COCCOCC(C)C. The standard InChI is InChI=1S/C10H19ClO2/c1-9(2)7-12-4-5-13-8-10(3)6-11/h9H,3-8H2,1-2H3. The van der Waals surface area contributed by atoms with Gasteiger partial charge in [-0.25, -0.2) is 0 Å². The number of hydrogen-bond acceptors (Lipinski definition) is 2. The third-order valence-corrected chi connectivity index (χ3v) is 1.70. The third kappa shape index (κ3) is 9.87. The lowest BCUT2D eigenvalue weighted by molar-refractivity contribution is 0.0452. The molecule has 0 aliphatic heterocycles. The topological polar surface area (TPSA) is 18.5 Å². The normalized spacial score (nSPS) is 10.8. The first kappa shape index (κ1) is 12.9. The first-order valence-electron chi connectivity index (χ1n) is 4.55. The summed E-state index contributed by atoms with van der Waals surface area (Å²) >= 11 is 5.52. The van der Waals surface area contributed by atoms with Gasteiger partial charge in [0.05, 0.1) is 19.8 Å². The van der Waals surface area contributed by atoms with Crippen LogP contribution >= 0.6 is 11.6 Å². The maximum absolute atomic E-state index is 5.52. The van der Waals surface area contributed by atoms with Crippen LogP contribution in [0.15, 0.2) is 12.2 Å². The molecule has 0 unspecified atom stereocenters. The number of ether oxygens (including phenoxy) is 2. The molecule has 0 saturated heterocycles. The minimum atomic E-state index is 0.465. The average Bonchev–Trinajstić information content (AvgIpc) is 2.10. The first-order valence-corrected chi connectivity index (χ1v) is 5.08. The molecule has 0 aliphatic rings. The molecule has 13 heavy (non-hydrogen) atoms. The second-order valence-corrected chi connectivity index (χ2v) is 3.67. The van der Waals surface area contributed by atoms with E-state index in [9.17, 15) is 0 Å². The van der Waals surface area contributed by atoms with Crippen molar-refractivity contribution in [2.75, 3.05) is 32.3 Å². The van der Waals surface area contributed by atoms with E-state index in [0.717, 1.165) is 12.2 Å². The van der Waals surface area contributed by atoms with Gasteiger partial charge in [-0.05, 0) is 11.5 Å². The van der Waals surface area contributed by atoms with Crippen LogP contribution in [0.25, 0.3) is 0 Å². The third-order valence-electron chi connectivity index (χ3n) is 1.32. The van der Waals surface area contributed by atoms with Gasteiger partial charge >= 0.3 is 0 Å². The maximum atomic E-state index is 5.52. The highest BCUT2D eigenvalue weighted by Crippen LogP contribution is 1.95. The summed E-state index contributed by atoms with van der Waals surface area (Å²) in [6.45, 7) is 10.6. The Labute approximate surface area is 85.9 Å². The predicted molar refractivity (Wildman–Crippen MR) is 56.3 cm³/mol. The summed E-state index contributed by atoms with van der Waals surface area (Å²) in [6, 6.07) is 0. The Morgan fingerprint density at radius 3 is 2.46 bits per heavy atom. The van der Waals surface area contributed by atoms with Gasteiger partial charge < -0.3 is 9.47 Å². The number of hydrogen-bond donors (Lipinski definition) is 0. The summed E-state index contributed by atoms with van der Waals surface area (Å²) in [4.78, 5) is 0. The second kappa shape index (κ2) is 8.54. The van der Waals surface area contributed by atoms with E-state index in [1.807, 2.05) is 0 Å². The minimum Gasteiger partial charge on any atom is -0.379 e. The molecule has 0 fully saturated rings. The predicted octanol–water partition coefficient (Wildman–Crippen LogP) is 2.47. The maximum Gasteiger partial charge on any atom is 0.0704 e. The van der Waals surface area contributed by atoms with Crippen LogP contribution in [0.3, 0.4) is 0 Å². The van der Waals surface area contributed by atoms with E-state index < -0.39 is 0 Å². The molecule has 0 aromatic heterocycles. The van der Waals surface area contributed by atoms with Crippen molar-refractivity contribution < 1.29 is 9.47 Å². The Balaban J connectivity index is 3.04. The van der Waals surface area contributed by atoms with Gasteiger partial charge in [-0.3, -0.25) is 0 Å². The molecule has 0 saturated carbocycles. The van der Waals surface area contributed by atoms with Crippen molar-refractivity contribution in [3.8, 4) is 0 Å². The molecule has 2 nitrogen and oxygen atoms in total. The number of alkyl halides is 1. The van der Waals surface area contributed by atoms with E-state index in [0.29, 0.717) is 31.6 Å². The largest absolute Gasteiger partial charge is 0.379 e. The van der Waals surface area contributed by atoms with Gasteiger partial charge in [-0.15, -0.1) is 11.6 Å². The summed E-state index contributed by atoms with van der Waals surface area (Å²) in [5.41, 5.74) is 0.908. The van der Waals surface area contributed by atoms with Crippen LogP contribution < -0.4 is 0 Å². The van der Waals surface area contributed by atoms with Gasteiger partial charge in [-0.2, -0.15) is 0 Å². The van der Waals surface area contributed by atoms with E-state index >= 15 is 0 Å². The van der Waals surface area contributed by atoms with Gasteiger partial charge in [0.2, 0.25) is 0 Å². The lowest BCUT2D eigenvalue weighted by atomic mass is 10.2. The van der Waals surface area contributed by atoms with Gasteiger partial charge in [-0.1, -0.05) is 20.4 Å². The molecule has 0 radical (unpaired) electrons. The Morgan fingerprint density at radius 1 is 1.31 bits per heavy atom. The van der Waals surface area contributed by atoms with Gasteiger partial charge in [0.25, 0.3) is 0 Å². The average molecular weight is 207 g/mol. The Kier molecular flexibility index (Phi) is 8.51. The molecule has 0 aromatic carbocycles. The monoisotopic (exact) mass is 206 g/mol. The Morgan fingerprint density at radius 2 is 1.92 bits per heavy atom. The molecule has 0 amide bonds. The van der Waals surface area contributed by atoms with Crippen LogP contribution in [0.1, 0.15) is 13.8 Å². The molecule has 3 heteroatoms. The summed E-state index contributed by atoms with van der Waals surface area (Å²) in [5, 5.41) is 0. The minimum absolute atomic E-state index is 0.465. The fraction of sp³-hybridized carbons (Fsp3) is 0.800. The van der Waals surface area contributed by atoms with Crippen LogP contribution in [-0.4, -0.2) is 32.3 Å². The van der Waals surface area contributed by atoms with E-state index in [4.69, 9.17) is 21.1 Å². The van der Waals surface area contributed by atoms with Crippen LogP contribution in [-0.2, 0) is 9.47 Å². The van der Waals surface area contributed by atoms with Crippen LogP contribution in [0, 0.1) is 5.92 Å². The summed E-state index contributed by atoms with van der Waals surface area (Å²) in [7, 11) is 0. The Hall–Kier alpha value is -0.0500. The van der Waals surface area contributed by atoms with Crippen molar-refractivity contribution in [1.82, 2.24) is 0 Å². The van der Waals surface area contributed by atoms with Crippen LogP contribution in [0.5, 0.6) is 0 Å². The smallest absolute Gasteiger partial charge is 0.0704 e. The van der Waals surface area contributed by atoms with Crippen molar-refractivity contribution in [1.29, 1.82) is 0 Å².